The molecule has 0 aromatic heterocycles. The van der Waals surface area contributed by atoms with Gasteiger partial charge in [-0.05, 0) is 12.1 Å². The van der Waals surface area contributed by atoms with E-state index < -0.39 is 23.4 Å². The van der Waals surface area contributed by atoms with Gasteiger partial charge >= 0.3 is 12.0 Å². The molecule has 2 amide bonds. The van der Waals surface area contributed by atoms with Gasteiger partial charge in [-0.25, -0.2) is 14.0 Å². The van der Waals surface area contributed by atoms with Crippen molar-refractivity contribution in [1.29, 1.82) is 0 Å². The number of carbonyl (C=O) groups excluding carboxylic acids is 1. The van der Waals surface area contributed by atoms with Gasteiger partial charge in [0.25, 0.3) is 0 Å². The molecule has 2 rings (SSSR count). The lowest BCUT2D eigenvalue weighted by molar-refractivity contribution is -0.148. The zero-order chi connectivity index (χ0) is 15.5. The fourth-order valence-corrected chi connectivity index (χ4v) is 2.30. The van der Waals surface area contributed by atoms with E-state index in [-0.39, 0.29) is 36.8 Å². The van der Waals surface area contributed by atoms with Crippen LogP contribution in [0.25, 0.3) is 0 Å². The fraction of sp³-hybridized carbons (Fsp3) is 0.385. The Morgan fingerprint density at radius 2 is 2.00 bits per heavy atom. The highest BCUT2D eigenvalue weighted by Crippen LogP contribution is 2.25. The fourth-order valence-electron chi connectivity index (χ4n) is 2.09. The van der Waals surface area contributed by atoms with E-state index >= 15 is 0 Å². The molecule has 0 unspecified atom stereocenters. The van der Waals surface area contributed by atoms with Gasteiger partial charge in [-0.1, -0.05) is 17.7 Å². The second-order valence-electron chi connectivity index (χ2n) is 4.68. The molecule has 0 saturated carbocycles. The van der Waals surface area contributed by atoms with Crippen LogP contribution in [0.4, 0.5) is 14.9 Å². The van der Waals surface area contributed by atoms with Crippen LogP contribution in [-0.4, -0.2) is 35.9 Å². The standard InChI is InChI=1S/C13H14ClFN2O4/c14-8-2-1-3-9(15)10(8)16-12(20)17-13(11(18)19)4-6-21-7-5-13/h1-3H,4-7H2,(H,18,19)(H2,16,17,20). The molecule has 0 bridgehead atoms. The highest BCUT2D eigenvalue weighted by atomic mass is 35.5. The van der Waals surface area contributed by atoms with Crippen molar-refractivity contribution in [2.45, 2.75) is 18.4 Å². The number of ether oxygens (including phenoxy) is 1. The van der Waals surface area contributed by atoms with Crippen molar-refractivity contribution in [2.24, 2.45) is 0 Å². The molecule has 6 nitrogen and oxygen atoms in total. The monoisotopic (exact) mass is 316 g/mol. The van der Waals surface area contributed by atoms with Gasteiger partial charge in [0.15, 0.2) is 0 Å². The molecule has 1 aromatic rings. The molecular formula is C13H14ClFN2O4. The topological polar surface area (TPSA) is 87.7 Å². The van der Waals surface area contributed by atoms with Crippen LogP contribution < -0.4 is 10.6 Å². The summed E-state index contributed by atoms with van der Waals surface area (Å²) in [4.78, 5) is 23.3. The molecule has 1 aliphatic rings. The number of hydrogen-bond donors (Lipinski definition) is 3. The van der Waals surface area contributed by atoms with Gasteiger partial charge in [-0.3, -0.25) is 0 Å². The molecule has 114 valence electrons. The second kappa shape index (κ2) is 6.28. The second-order valence-corrected chi connectivity index (χ2v) is 5.08. The van der Waals surface area contributed by atoms with Crippen LogP contribution in [0.2, 0.25) is 5.02 Å². The van der Waals surface area contributed by atoms with Gasteiger partial charge in [-0.15, -0.1) is 0 Å². The highest BCUT2D eigenvalue weighted by molar-refractivity contribution is 6.33. The minimum absolute atomic E-state index is 0.0292. The average Bonchev–Trinajstić information content (AvgIpc) is 2.44. The van der Waals surface area contributed by atoms with Crippen molar-refractivity contribution in [3.05, 3.63) is 29.0 Å². The largest absolute Gasteiger partial charge is 0.480 e. The SMILES string of the molecule is O=C(Nc1c(F)cccc1Cl)NC1(C(=O)O)CCOCC1. The van der Waals surface area contributed by atoms with Crippen LogP contribution in [0, 0.1) is 5.82 Å². The quantitative estimate of drug-likeness (QED) is 0.798. The summed E-state index contributed by atoms with van der Waals surface area (Å²) in [6.07, 6.45) is 0.279. The number of rotatable bonds is 3. The number of anilines is 1. The van der Waals surface area contributed by atoms with Crippen LogP contribution >= 0.6 is 11.6 Å². The molecule has 1 saturated heterocycles. The Hall–Kier alpha value is -1.86. The summed E-state index contributed by atoms with van der Waals surface area (Å²) in [5.74, 6) is -1.85. The van der Waals surface area contributed by atoms with Crippen LogP contribution in [0.5, 0.6) is 0 Å². The number of benzene rings is 1. The van der Waals surface area contributed by atoms with Crippen molar-refractivity contribution >= 4 is 29.3 Å². The number of aliphatic carboxylic acids is 1. The van der Waals surface area contributed by atoms with Crippen molar-refractivity contribution in [3.8, 4) is 0 Å². The van der Waals surface area contributed by atoms with E-state index in [0.29, 0.717) is 0 Å². The Morgan fingerprint density at radius 1 is 1.33 bits per heavy atom. The number of carboxylic acid groups (broad SMARTS) is 1. The number of carboxylic acids is 1. The number of nitrogens with one attached hydrogen (secondary N) is 2. The molecular weight excluding hydrogens is 303 g/mol. The summed E-state index contributed by atoms with van der Waals surface area (Å²) in [5.41, 5.74) is -1.61. The summed E-state index contributed by atoms with van der Waals surface area (Å²) >= 11 is 5.79. The van der Waals surface area contributed by atoms with Crippen LogP contribution in [0.3, 0.4) is 0 Å². The zero-order valence-corrected chi connectivity index (χ0v) is 11.7. The Balaban J connectivity index is 2.11. The van der Waals surface area contributed by atoms with E-state index in [1.54, 1.807) is 0 Å². The molecule has 0 aliphatic carbocycles. The lowest BCUT2D eigenvalue weighted by Gasteiger charge is -2.33. The average molecular weight is 317 g/mol. The van der Waals surface area contributed by atoms with E-state index in [1.165, 1.54) is 12.1 Å². The maximum absolute atomic E-state index is 13.6. The zero-order valence-electron chi connectivity index (χ0n) is 11.0. The molecule has 8 heteroatoms. The minimum Gasteiger partial charge on any atom is -0.480 e. The van der Waals surface area contributed by atoms with E-state index in [2.05, 4.69) is 10.6 Å². The maximum Gasteiger partial charge on any atom is 0.329 e. The predicted molar refractivity (Wildman–Crippen MR) is 74.0 cm³/mol. The number of carbonyl (C=O) groups is 2. The van der Waals surface area contributed by atoms with Gasteiger partial charge in [-0.2, -0.15) is 0 Å². The smallest absolute Gasteiger partial charge is 0.329 e. The Bertz CT molecular complexity index is 541. The third-order valence-electron chi connectivity index (χ3n) is 3.31. The first-order chi connectivity index (χ1) is 9.94. The molecule has 3 N–H and O–H groups in total. The Kier molecular flexibility index (Phi) is 4.64. The molecule has 1 heterocycles. The Morgan fingerprint density at radius 3 is 2.57 bits per heavy atom. The molecule has 1 fully saturated rings. The van der Waals surface area contributed by atoms with Crippen molar-refractivity contribution in [3.63, 3.8) is 0 Å². The number of hydrogen-bond acceptors (Lipinski definition) is 3. The molecule has 0 spiro atoms. The number of amides is 2. The minimum atomic E-state index is -1.42. The first kappa shape index (κ1) is 15.5. The summed E-state index contributed by atoms with van der Waals surface area (Å²) < 4.78 is 18.7. The molecule has 21 heavy (non-hydrogen) atoms. The lowest BCUT2D eigenvalue weighted by atomic mass is 9.90. The Labute approximate surface area is 125 Å². The third-order valence-corrected chi connectivity index (χ3v) is 3.62. The molecule has 0 atom stereocenters. The number of halogens is 2. The van der Waals surface area contributed by atoms with E-state index in [1.807, 2.05) is 0 Å². The van der Waals surface area contributed by atoms with E-state index in [4.69, 9.17) is 16.3 Å². The van der Waals surface area contributed by atoms with Crippen molar-refractivity contribution in [1.82, 2.24) is 5.32 Å². The van der Waals surface area contributed by atoms with Gasteiger partial charge in [0, 0.05) is 26.1 Å². The maximum atomic E-state index is 13.6. The molecule has 1 aliphatic heterocycles. The van der Waals surface area contributed by atoms with Crippen molar-refractivity contribution < 1.29 is 23.8 Å². The first-order valence-corrected chi connectivity index (χ1v) is 6.67. The summed E-state index contributed by atoms with van der Waals surface area (Å²) in [6.45, 7) is 0.458. The molecule has 0 radical (unpaired) electrons. The number of urea groups is 1. The van der Waals surface area contributed by atoms with Gasteiger partial charge in [0.1, 0.15) is 11.4 Å². The van der Waals surface area contributed by atoms with Gasteiger partial charge in [0.2, 0.25) is 0 Å². The predicted octanol–water partition coefficient (Wildman–Crippen LogP) is 2.23. The number of para-hydroxylation sites is 1. The van der Waals surface area contributed by atoms with E-state index in [0.717, 1.165) is 6.07 Å². The summed E-state index contributed by atoms with van der Waals surface area (Å²) in [5, 5.41) is 14.0. The first-order valence-electron chi connectivity index (χ1n) is 6.29. The van der Waals surface area contributed by atoms with Crippen LogP contribution in [0.1, 0.15) is 12.8 Å². The van der Waals surface area contributed by atoms with Gasteiger partial charge < -0.3 is 20.5 Å². The van der Waals surface area contributed by atoms with Crippen LogP contribution in [0.15, 0.2) is 18.2 Å². The lowest BCUT2D eigenvalue weighted by Crippen LogP contribution is -2.58. The van der Waals surface area contributed by atoms with E-state index in [9.17, 15) is 19.1 Å². The summed E-state index contributed by atoms with van der Waals surface area (Å²) in [7, 11) is 0. The van der Waals surface area contributed by atoms with Crippen LogP contribution in [-0.2, 0) is 9.53 Å². The van der Waals surface area contributed by atoms with Crippen molar-refractivity contribution in [2.75, 3.05) is 18.5 Å². The normalized spacial score (nSPS) is 17.0. The highest BCUT2D eigenvalue weighted by Gasteiger charge is 2.41. The summed E-state index contributed by atoms with van der Waals surface area (Å²) in [6, 6.07) is 3.13. The molecule has 1 aromatic carbocycles. The third kappa shape index (κ3) is 3.43. The van der Waals surface area contributed by atoms with Gasteiger partial charge in [0.05, 0.1) is 10.7 Å².